The minimum absolute atomic E-state index is 0.0142. The number of anilines is 1. The van der Waals surface area contributed by atoms with Crippen LogP contribution in [0.5, 0.6) is 0 Å². The number of benzene rings is 1. The summed E-state index contributed by atoms with van der Waals surface area (Å²) in [6.45, 7) is 10.5. The largest absolute Gasteiger partial charge is 0.384 e. The van der Waals surface area contributed by atoms with Gasteiger partial charge in [-0.2, -0.15) is 5.10 Å². The molecule has 0 saturated heterocycles. The van der Waals surface area contributed by atoms with Crippen LogP contribution in [0.2, 0.25) is 0 Å². The number of hydrogen-bond donors (Lipinski definition) is 1. The smallest absolute Gasteiger partial charge is 0.127 e. The molecule has 0 aliphatic rings. The van der Waals surface area contributed by atoms with E-state index < -0.39 is 0 Å². The standard InChI is InChI=1S/C15H20N4/c1-15(2,3)13-9-14(16)19(18-13)12-7-5-6-11(8-12)10-17-4/h5-9H,4,10,16H2,1-3H3. The number of nitrogens with zero attached hydrogens (tertiary/aromatic N) is 3. The third-order valence-corrected chi connectivity index (χ3v) is 2.95. The highest BCUT2D eigenvalue weighted by Crippen LogP contribution is 2.24. The summed E-state index contributed by atoms with van der Waals surface area (Å²) < 4.78 is 1.77. The van der Waals surface area contributed by atoms with E-state index in [1.807, 2.05) is 30.3 Å². The lowest BCUT2D eigenvalue weighted by atomic mass is 9.92. The van der Waals surface area contributed by atoms with Crippen LogP contribution < -0.4 is 5.73 Å². The van der Waals surface area contributed by atoms with Crippen LogP contribution in [0.4, 0.5) is 5.82 Å². The van der Waals surface area contributed by atoms with Crippen molar-refractivity contribution in [3.8, 4) is 5.69 Å². The average molecular weight is 256 g/mol. The molecule has 4 nitrogen and oxygen atoms in total. The first-order valence-corrected chi connectivity index (χ1v) is 6.29. The van der Waals surface area contributed by atoms with Gasteiger partial charge in [0.15, 0.2) is 0 Å². The molecule has 0 aliphatic heterocycles. The second-order valence-corrected chi connectivity index (χ2v) is 5.67. The molecule has 19 heavy (non-hydrogen) atoms. The van der Waals surface area contributed by atoms with Crippen molar-refractivity contribution in [2.75, 3.05) is 5.73 Å². The Labute approximate surface area is 114 Å². The van der Waals surface area contributed by atoms with Crippen molar-refractivity contribution in [2.24, 2.45) is 4.99 Å². The van der Waals surface area contributed by atoms with Crippen LogP contribution in [0.3, 0.4) is 0 Å². The predicted molar refractivity (Wildman–Crippen MR) is 79.9 cm³/mol. The van der Waals surface area contributed by atoms with E-state index in [4.69, 9.17) is 5.73 Å². The Kier molecular flexibility index (Phi) is 3.42. The van der Waals surface area contributed by atoms with Crippen molar-refractivity contribution in [1.29, 1.82) is 0 Å². The molecule has 0 amide bonds. The van der Waals surface area contributed by atoms with Gasteiger partial charge in [-0.25, -0.2) is 4.68 Å². The fourth-order valence-electron chi connectivity index (χ4n) is 1.88. The van der Waals surface area contributed by atoms with E-state index in [1.165, 1.54) is 0 Å². The number of rotatable bonds is 3. The van der Waals surface area contributed by atoms with E-state index in [1.54, 1.807) is 4.68 Å². The molecule has 0 radical (unpaired) electrons. The SMILES string of the molecule is C=NCc1cccc(-n2nc(C(C)(C)C)cc2N)c1. The lowest BCUT2D eigenvalue weighted by molar-refractivity contribution is 0.560. The minimum Gasteiger partial charge on any atom is -0.384 e. The molecule has 0 bridgehead atoms. The summed E-state index contributed by atoms with van der Waals surface area (Å²) in [6, 6.07) is 9.95. The van der Waals surface area contributed by atoms with Gasteiger partial charge in [0.2, 0.25) is 0 Å². The maximum atomic E-state index is 6.06. The first-order valence-electron chi connectivity index (χ1n) is 6.29. The number of nitrogen functional groups attached to an aromatic ring is 1. The number of nitrogens with two attached hydrogens (primary N) is 1. The lowest BCUT2D eigenvalue weighted by Crippen LogP contribution is -2.12. The first kappa shape index (κ1) is 13.3. The monoisotopic (exact) mass is 256 g/mol. The van der Waals surface area contributed by atoms with Crippen LogP contribution >= 0.6 is 0 Å². The average Bonchev–Trinajstić information content (AvgIpc) is 2.72. The molecule has 2 rings (SSSR count). The third kappa shape index (κ3) is 2.84. The van der Waals surface area contributed by atoms with E-state index in [9.17, 15) is 0 Å². The van der Waals surface area contributed by atoms with Gasteiger partial charge in [0.1, 0.15) is 5.82 Å². The summed E-state index contributed by atoms with van der Waals surface area (Å²) in [5.74, 6) is 0.647. The second kappa shape index (κ2) is 4.88. The van der Waals surface area contributed by atoms with Crippen molar-refractivity contribution in [3.05, 3.63) is 41.6 Å². The van der Waals surface area contributed by atoms with E-state index in [0.717, 1.165) is 16.9 Å². The highest BCUT2D eigenvalue weighted by Gasteiger charge is 2.19. The van der Waals surface area contributed by atoms with Gasteiger partial charge in [0.05, 0.1) is 17.9 Å². The summed E-state index contributed by atoms with van der Waals surface area (Å²) in [5.41, 5.74) is 9.08. The van der Waals surface area contributed by atoms with Gasteiger partial charge < -0.3 is 5.73 Å². The minimum atomic E-state index is -0.0142. The van der Waals surface area contributed by atoms with Gasteiger partial charge in [0.25, 0.3) is 0 Å². The molecule has 4 heteroatoms. The molecule has 1 aromatic carbocycles. The molecule has 0 unspecified atom stereocenters. The van der Waals surface area contributed by atoms with Gasteiger partial charge in [-0.05, 0) is 24.4 Å². The van der Waals surface area contributed by atoms with Crippen LogP contribution in [0.15, 0.2) is 35.3 Å². The maximum absolute atomic E-state index is 6.06. The molecule has 0 aliphatic carbocycles. The van der Waals surface area contributed by atoms with E-state index in [-0.39, 0.29) is 5.41 Å². The Balaban J connectivity index is 2.44. The zero-order chi connectivity index (χ0) is 14.0. The zero-order valence-corrected chi connectivity index (χ0v) is 11.7. The molecule has 0 spiro atoms. The summed E-state index contributed by atoms with van der Waals surface area (Å²) in [6.07, 6.45) is 0. The Morgan fingerprint density at radius 1 is 1.32 bits per heavy atom. The van der Waals surface area contributed by atoms with Crippen LogP contribution in [0, 0.1) is 0 Å². The number of aliphatic imine (C=N–C) groups is 1. The normalized spacial score (nSPS) is 11.5. The van der Waals surface area contributed by atoms with Crippen molar-refractivity contribution in [2.45, 2.75) is 32.7 Å². The highest BCUT2D eigenvalue weighted by molar-refractivity contribution is 5.45. The van der Waals surface area contributed by atoms with Gasteiger partial charge >= 0.3 is 0 Å². The fraction of sp³-hybridized carbons (Fsp3) is 0.333. The molecule has 100 valence electrons. The first-order chi connectivity index (χ1) is 8.91. The Morgan fingerprint density at radius 2 is 2.05 bits per heavy atom. The zero-order valence-electron chi connectivity index (χ0n) is 11.7. The van der Waals surface area contributed by atoms with Gasteiger partial charge in [-0.15, -0.1) is 0 Å². The molecule has 0 atom stereocenters. The molecule has 0 saturated carbocycles. The van der Waals surface area contributed by atoms with Gasteiger partial charge in [-0.1, -0.05) is 32.9 Å². The van der Waals surface area contributed by atoms with E-state index >= 15 is 0 Å². The van der Waals surface area contributed by atoms with Crippen LogP contribution in [-0.2, 0) is 12.0 Å². The van der Waals surface area contributed by atoms with E-state index in [2.05, 4.69) is 37.6 Å². The Morgan fingerprint density at radius 3 is 2.63 bits per heavy atom. The number of hydrogen-bond acceptors (Lipinski definition) is 3. The second-order valence-electron chi connectivity index (χ2n) is 5.67. The topological polar surface area (TPSA) is 56.2 Å². The van der Waals surface area contributed by atoms with Crippen molar-refractivity contribution < 1.29 is 0 Å². The Hall–Kier alpha value is -2.10. The van der Waals surface area contributed by atoms with Crippen molar-refractivity contribution in [3.63, 3.8) is 0 Å². The predicted octanol–water partition coefficient (Wildman–Crippen LogP) is 2.95. The lowest BCUT2D eigenvalue weighted by Gasteiger charge is -2.14. The third-order valence-electron chi connectivity index (χ3n) is 2.95. The number of aromatic nitrogens is 2. The molecule has 2 N–H and O–H groups in total. The van der Waals surface area contributed by atoms with Crippen LogP contribution in [0.1, 0.15) is 32.0 Å². The van der Waals surface area contributed by atoms with Gasteiger partial charge in [-0.3, -0.25) is 4.99 Å². The fourth-order valence-corrected chi connectivity index (χ4v) is 1.88. The highest BCUT2D eigenvalue weighted by atomic mass is 15.3. The Bertz CT molecular complexity index is 590. The molecule has 1 aromatic heterocycles. The maximum Gasteiger partial charge on any atom is 0.127 e. The van der Waals surface area contributed by atoms with E-state index in [0.29, 0.717) is 12.4 Å². The summed E-state index contributed by atoms with van der Waals surface area (Å²) >= 11 is 0. The summed E-state index contributed by atoms with van der Waals surface area (Å²) in [7, 11) is 0. The van der Waals surface area contributed by atoms with Crippen LogP contribution in [-0.4, -0.2) is 16.5 Å². The quantitative estimate of drug-likeness (QED) is 0.858. The van der Waals surface area contributed by atoms with Crippen molar-refractivity contribution >= 4 is 12.5 Å². The molecular formula is C15H20N4. The van der Waals surface area contributed by atoms with Crippen molar-refractivity contribution in [1.82, 2.24) is 9.78 Å². The summed E-state index contributed by atoms with van der Waals surface area (Å²) in [5, 5.41) is 4.60. The molecule has 0 fully saturated rings. The molecule has 1 heterocycles. The van der Waals surface area contributed by atoms with Crippen LogP contribution in [0.25, 0.3) is 5.69 Å². The molecule has 2 aromatic rings. The summed E-state index contributed by atoms with van der Waals surface area (Å²) in [4.78, 5) is 3.90. The molecular weight excluding hydrogens is 236 g/mol. The van der Waals surface area contributed by atoms with Gasteiger partial charge in [0, 0.05) is 11.5 Å².